The van der Waals surface area contributed by atoms with Gasteiger partial charge in [0.2, 0.25) is 0 Å². The molecule has 0 saturated carbocycles. The maximum absolute atomic E-state index is 10.5. The molecule has 0 aromatic heterocycles. The Labute approximate surface area is 63.9 Å². The van der Waals surface area contributed by atoms with E-state index < -0.39 is 17.4 Å². The minimum atomic E-state index is -1.01. The molecule has 0 aliphatic carbocycles. The molecular formula is C7H9NO3. The van der Waals surface area contributed by atoms with Gasteiger partial charge in [0.05, 0.1) is 5.41 Å². The summed E-state index contributed by atoms with van der Waals surface area (Å²) < 4.78 is 0. The number of hydrogen-bond donors (Lipinski definition) is 2. The van der Waals surface area contributed by atoms with Crippen LogP contribution in [0.1, 0.15) is 6.92 Å². The van der Waals surface area contributed by atoms with Crippen LogP contribution in [0.25, 0.3) is 0 Å². The van der Waals surface area contributed by atoms with Crippen LogP contribution < -0.4 is 5.32 Å². The summed E-state index contributed by atoms with van der Waals surface area (Å²) in [6.07, 6.45) is 3.69. The molecule has 0 aromatic carbocycles. The molecule has 2 unspecified atom stereocenters. The number of aliphatic carboxylic acids is 1. The molecule has 60 valence electrons. The van der Waals surface area contributed by atoms with Gasteiger partial charge >= 0.3 is 5.97 Å². The van der Waals surface area contributed by atoms with E-state index in [0.717, 1.165) is 0 Å². The number of aldehydes is 1. The minimum Gasteiger partial charge on any atom is -0.480 e. The zero-order valence-electron chi connectivity index (χ0n) is 6.07. The van der Waals surface area contributed by atoms with E-state index in [1.165, 1.54) is 6.20 Å². The summed E-state index contributed by atoms with van der Waals surface area (Å²) in [4.78, 5) is 21.0. The summed E-state index contributed by atoms with van der Waals surface area (Å²) in [5.41, 5.74) is -0.897. The SMILES string of the molecule is CC1(C=O)C=CNC1C(=O)O. The summed E-state index contributed by atoms with van der Waals surface area (Å²) in [5, 5.41) is 11.2. The molecule has 4 nitrogen and oxygen atoms in total. The van der Waals surface area contributed by atoms with Crippen molar-refractivity contribution in [1.82, 2.24) is 5.32 Å². The number of carboxylic acid groups (broad SMARTS) is 1. The van der Waals surface area contributed by atoms with E-state index in [4.69, 9.17) is 5.11 Å². The fourth-order valence-corrected chi connectivity index (χ4v) is 1.04. The van der Waals surface area contributed by atoms with Gasteiger partial charge in [0.15, 0.2) is 0 Å². The molecular weight excluding hydrogens is 146 g/mol. The van der Waals surface area contributed by atoms with Gasteiger partial charge in [-0.25, -0.2) is 4.79 Å². The summed E-state index contributed by atoms with van der Waals surface area (Å²) in [7, 11) is 0. The van der Waals surface area contributed by atoms with Crippen molar-refractivity contribution in [3.05, 3.63) is 12.3 Å². The quantitative estimate of drug-likeness (QED) is 0.540. The highest BCUT2D eigenvalue weighted by Crippen LogP contribution is 2.24. The lowest BCUT2D eigenvalue weighted by Crippen LogP contribution is -2.42. The Morgan fingerprint density at radius 1 is 1.82 bits per heavy atom. The third kappa shape index (κ3) is 1.11. The maximum atomic E-state index is 10.5. The average molecular weight is 155 g/mol. The second-order valence-electron chi connectivity index (χ2n) is 2.76. The fourth-order valence-electron chi connectivity index (χ4n) is 1.04. The molecule has 0 bridgehead atoms. The third-order valence-corrected chi connectivity index (χ3v) is 1.83. The number of rotatable bonds is 2. The molecule has 2 N–H and O–H groups in total. The Kier molecular flexibility index (Phi) is 1.68. The number of carbonyl (C=O) groups excluding carboxylic acids is 1. The predicted octanol–water partition coefficient (Wildman–Crippen LogP) is -0.238. The van der Waals surface area contributed by atoms with Crippen molar-refractivity contribution in [2.24, 2.45) is 5.41 Å². The lowest BCUT2D eigenvalue weighted by atomic mass is 9.86. The summed E-state index contributed by atoms with van der Waals surface area (Å²) in [6, 6.07) is -0.819. The third-order valence-electron chi connectivity index (χ3n) is 1.83. The van der Waals surface area contributed by atoms with E-state index in [1.807, 2.05) is 0 Å². The first-order chi connectivity index (χ1) is 5.10. The van der Waals surface area contributed by atoms with Crippen molar-refractivity contribution in [3.8, 4) is 0 Å². The van der Waals surface area contributed by atoms with E-state index >= 15 is 0 Å². The molecule has 0 aromatic rings. The Hall–Kier alpha value is -1.32. The second-order valence-corrected chi connectivity index (χ2v) is 2.76. The average Bonchev–Trinajstić information content (AvgIpc) is 2.32. The highest BCUT2D eigenvalue weighted by molar-refractivity contribution is 5.83. The molecule has 1 aliphatic rings. The monoisotopic (exact) mass is 155 g/mol. The highest BCUT2D eigenvalue weighted by Gasteiger charge is 2.39. The topological polar surface area (TPSA) is 66.4 Å². The molecule has 0 saturated heterocycles. The largest absolute Gasteiger partial charge is 0.480 e. The smallest absolute Gasteiger partial charge is 0.327 e. The first-order valence-corrected chi connectivity index (χ1v) is 3.23. The van der Waals surface area contributed by atoms with Crippen molar-refractivity contribution in [3.63, 3.8) is 0 Å². The van der Waals surface area contributed by atoms with Crippen molar-refractivity contribution in [2.45, 2.75) is 13.0 Å². The molecule has 0 amide bonds. The first kappa shape index (κ1) is 7.78. The molecule has 0 spiro atoms. The number of nitrogens with one attached hydrogen (secondary N) is 1. The summed E-state index contributed by atoms with van der Waals surface area (Å²) in [6.45, 7) is 1.58. The molecule has 2 atom stereocenters. The van der Waals surface area contributed by atoms with Crippen LogP contribution >= 0.6 is 0 Å². The minimum absolute atomic E-state index is 0.641. The normalized spacial score (nSPS) is 34.8. The Balaban J connectivity index is 2.86. The van der Waals surface area contributed by atoms with Crippen LogP contribution in [0.5, 0.6) is 0 Å². The van der Waals surface area contributed by atoms with Crippen molar-refractivity contribution >= 4 is 12.3 Å². The van der Waals surface area contributed by atoms with Gasteiger partial charge in [-0.15, -0.1) is 0 Å². The lowest BCUT2D eigenvalue weighted by Gasteiger charge is -2.19. The predicted molar refractivity (Wildman–Crippen MR) is 37.9 cm³/mol. The fraction of sp³-hybridized carbons (Fsp3) is 0.429. The van der Waals surface area contributed by atoms with E-state index in [0.29, 0.717) is 6.29 Å². The molecule has 1 heterocycles. The number of carbonyl (C=O) groups is 2. The van der Waals surface area contributed by atoms with Crippen LogP contribution in [0, 0.1) is 5.41 Å². The second kappa shape index (κ2) is 2.38. The summed E-state index contributed by atoms with van der Waals surface area (Å²) >= 11 is 0. The zero-order chi connectivity index (χ0) is 8.48. The van der Waals surface area contributed by atoms with Crippen LogP contribution in [-0.2, 0) is 9.59 Å². The molecule has 1 aliphatic heterocycles. The van der Waals surface area contributed by atoms with E-state index in [1.54, 1.807) is 13.0 Å². The van der Waals surface area contributed by atoms with Gasteiger partial charge in [-0.2, -0.15) is 0 Å². The molecule has 4 heteroatoms. The van der Waals surface area contributed by atoms with Crippen LogP contribution in [0.2, 0.25) is 0 Å². The van der Waals surface area contributed by atoms with E-state index in [-0.39, 0.29) is 0 Å². The van der Waals surface area contributed by atoms with Gasteiger partial charge in [0.1, 0.15) is 12.3 Å². The van der Waals surface area contributed by atoms with Gasteiger partial charge in [0, 0.05) is 0 Å². The van der Waals surface area contributed by atoms with E-state index in [2.05, 4.69) is 5.32 Å². The van der Waals surface area contributed by atoms with Gasteiger partial charge in [-0.3, -0.25) is 0 Å². The van der Waals surface area contributed by atoms with Crippen LogP contribution in [0.4, 0.5) is 0 Å². The van der Waals surface area contributed by atoms with Crippen molar-refractivity contribution in [2.75, 3.05) is 0 Å². The molecule has 0 radical (unpaired) electrons. The van der Waals surface area contributed by atoms with Gasteiger partial charge in [0.25, 0.3) is 0 Å². The molecule has 1 rings (SSSR count). The zero-order valence-corrected chi connectivity index (χ0v) is 6.07. The lowest BCUT2D eigenvalue weighted by molar-refractivity contribution is -0.142. The highest BCUT2D eigenvalue weighted by atomic mass is 16.4. The summed E-state index contributed by atoms with van der Waals surface area (Å²) in [5.74, 6) is -1.01. The Morgan fingerprint density at radius 2 is 2.45 bits per heavy atom. The van der Waals surface area contributed by atoms with Gasteiger partial charge < -0.3 is 15.2 Å². The van der Waals surface area contributed by atoms with Gasteiger partial charge in [-0.1, -0.05) is 6.08 Å². The van der Waals surface area contributed by atoms with E-state index in [9.17, 15) is 9.59 Å². The van der Waals surface area contributed by atoms with Gasteiger partial charge in [-0.05, 0) is 13.1 Å². The van der Waals surface area contributed by atoms with Crippen LogP contribution in [0.15, 0.2) is 12.3 Å². The molecule has 0 fully saturated rings. The first-order valence-electron chi connectivity index (χ1n) is 3.23. The van der Waals surface area contributed by atoms with Crippen molar-refractivity contribution < 1.29 is 14.7 Å². The molecule has 11 heavy (non-hydrogen) atoms. The van der Waals surface area contributed by atoms with Crippen LogP contribution in [-0.4, -0.2) is 23.4 Å². The number of hydrogen-bond acceptors (Lipinski definition) is 3. The van der Waals surface area contributed by atoms with Crippen molar-refractivity contribution in [1.29, 1.82) is 0 Å². The number of carboxylic acids is 1. The Bertz CT molecular complexity index is 224. The van der Waals surface area contributed by atoms with Crippen LogP contribution in [0.3, 0.4) is 0 Å². The maximum Gasteiger partial charge on any atom is 0.327 e. The standard InChI is InChI=1S/C7H9NO3/c1-7(4-9)2-3-8-5(7)6(10)11/h2-5,8H,1H3,(H,10,11). The Morgan fingerprint density at radius 3 is 2.82 bits per heavy atom.